The first-order chi connectivity index (χ1) is 12.8. The molecule has 0 spiro atoms. The Morgan fingerprint density at radius 3 is 2.63 bits per heavy atom. The van der Waals surface area contributed by atoms with E-state index < -0.39 is 17.8 Å². The number of hydrogen-bond acceptors (Lipinski definition) is 5. The van der Waals surface area contributed by atoms with E-state index >= 15 is 0 Å². The number of hydrogen-bond donors (Lipinski definition) is 2. The van der Waals surface area contributed by atoms with Crippen LogP contribution >= 0.6 is 0 Å². The van der Waals surface area contributed by atoms with Gasteiger partial charge >= 0.3 is 6.09 Å². The summed E-state index contributed by atoms with van der Waals surface area (Å²) in [7, 11) is 0. The topological polar surface area (TPSA) is 89.3 Å². The number of carbonyl (C=O) groups is 1. The first-order valence-electron chi connectivity index (χ1n) is 8.59. The summed E-state index contributed by atoms with van der Waals surface area (Å²) in [6.45, 7) is 5.32. The molecule has 1 unspecified atom stereocenters. The zero-order valence-electron chi connectivity index (χ0n) is 15.5. The van der Waals surface area contributed by atoms with Crippen LogP contribution in [-0.2, 0) is 4.74 Å². The average molecular weight is 366 g/mol. The Bertz CT molecular complexity index is 958. The van der Waals surface area contributed by atoms with Gasteiger partial charge in [-0.3, -0.25) is 0 Å². The summed E-state index contributed by atoms with van der Waals surface area (Å²) in [5.41, 5.74) is 4.50. The van der Waals surface area contributed by atoms with Crippen molar-refractivity contribution in [2.75, 3.05) is 5.43 Å². The zero-order valence-corrected chi connectivity index (χ0v) is 15.5. The molecule has 0 saturated carbocycles. The van der Waals surface area contributed by atoms with Crippen molar-refractivity contribution in [2.45, 2.75) is 32.5 Å². The number of aromatic nitrogens is 3. The Labute approximate surface area is 157 Å². The number of benzene rings is 2. The van der Waals surface area contributed by atoms with E-state index in [1.165, 1.54) is 4.79 Å². The maximum absolute atomic E-state index is 12.1. The first-order valence-corrected chi connectivity index (χ1v) is 8.59. The van der Waals surface area contributed by atoms with Crippen LogP contribution in [0.3, 0.4) is 0 Å². The van der Waals surface area contributed by atoms with Crippen LogP contribution in [0, 0.1) is 0 Å². The van der Waals surface area contributed by atoms with Crippen molar-refractivity contribution in [1.29, 1.82) is 0 Å². The zero-order chi connectivity index (χ0) is 19.4. The molecule has 0 aliphatic carbocycles. The van der Waals surface area contributed by atoms with E-state index in [2.05, 4.69) is 15.7 Å². The van der Waals surface area contributed by atoms with Crippen molar-refractivity contribution in [3.63, 3.8) is 0 Å². The molecule has 2 aromatic carbocycles. The van der Waals surface area contributed by atoms with Crippen LogP contribution in [-0.4, -0.2) is 31.9 Å². The maximum Gasteiger partial charge on any atom is 0.428 e. The highest BCUT2D eigenvalue weighted by Crippen LogP contribution is 2.24. The molecule has 27 heavy (non-hydrogen) atoms. The van der Waals surface area contributed by atoms with Gasteiger partial charge in [0.2, 0.25) is 0 Å². The molecule has 140 valence electrons. The normalized spacial score (nSPS) is 13.0. The fourth-order valence-electron chi connectivity index (χ4n) is 2.57. The molecule has 1 aromatic heterocycles. The molecule has 0 bridgehead atoms. The molecule has 2 N–H and O–H groups in total. The molecule has 1 atom stereocenters. The SMILES string of the molecule is CC(C)(C)OC(=O)Nn1nnc2cccc(C(O)/C=C/c3ccccc3)c21. The lowest BCUT2D eigenvalue weighted by atomic mass is 10.1. The second-order valence-corrected chi connectivity index (χ2v) is 7.04. The summed E-state index contributed by atoms with van der Waals surface area (Å²) >= 11 is 0. The van der Waals surface area contributed by atoms with Gasteiger partial charge in [-0.05, 0) is 37.6 Å². The summed E-state index contributed by atoms with van der Waals surface area (Å²) in [6, 6.07) is 15.0. The van der Waals surface area contributed by atoms with Crippen LogP contribution in [0.5, 0.6) is 0 Å². The van der Waals surface area contributed by atoms with Gasteiger partial charge in [0, 0.05) is 5.56 Å². The van der Waals surface area contributed by atoms with Gasteiger partial charge in [0.25, 0.3) is 0 Å². The molecule has 0 radical (unpaired) electrons. The summed E-state index contributed by atoms with van der Waals surface area (Å²) in [4.78, 5) is 13.3. The fourth-order valence-corrected chi connectivity index (χ4v) is 2.57. The predicted molar refractivity (Wildman–Crippen MR) is 104 cm³/mol. The van der Waals surface area contributed by atoms with Crippen molar-refractivity contribution in [1.82, 2.24) is 15.1 Å². The van der Waals surface area contributed by atoms with Crippen molar-refractivity contribution in [2.24, 2.45) is 0 Å². The standard InChI is InChI=1S/C20H22N4O3/c1-20(2,3)27-19(26)22-24-18-15(10-7-11-16(18)21-23-24)17(25)13-12-14-8-5-4-6-9-14/h4-13,17,25H,1-3H3,(H,22,26)/b13-12+. The first kappa shape index (κ1) is 18.6. The van der Waals surface area contributed by atoms with Crippen molar-refractivity contribution < 1.29 is 14.6 Å². The Hall–Kier alpha value is -3.19. The molecular weight excluding hydrogens is 344 g/mol. The highest BCUT2D eigenvalue weighted by molar-refractivity contribution is 5.83. The van der Waals surface area contributed by atoms with Gasteiger partial charge in [-0.15, -0.1) is 9.89 Å². The number of aliphatic hydroxyl groups excluding tert-OH is 1. The van der Waals surface area contributed by atoms with Crippen LogP contribution < -0.4 is 5.43 Å². The van der Waals surface area contributed by atoms with Crippen LogP contribution in [0.2, 0.25) is 0 Å². The number of rotatable bonds is 4. The van der Waals surface area contributed by atoms with Gasteiger partial charge in [-0.25, -0.2) is 10.2 Å². The Morgan fingerprint density at radius 2 is 1.93 bits per heavy atom. The molecule has 1 amide bonds. The summed E-state index contributed by atoms with van der Waals surface area (Å²) < 4.78 is 5.25. The molecular formula is C20H22N4O3. The molecule has 3 rings (SSSR count). The maximum atomic E-state index is 12.1. The summed E-state index contributed by atoms with van der Waals surface area (Å²) in [6.07, 6.45) is 1.96. The summed E-state index contributed by atoms with van der Waals surface area (Å²) in [5, 5.41) is 18.6. The van der Waals surface area contributed by atoms with Crippen molar-refractivity contribution in [3.8, 4) is 0 Å². The van der Waals surface area contributed by atoms with Crippen LogP contribution in [0.25, 0.3) is 17.1 Å². The number of amides is 1. The Balaban J connectivity index is 1.88. The molecule has 1 heterocycles. The number of fused-ring (bicyclic) bond motifs is 1. The Morgan fingerprint density at radius 1 is 1.19 bits per heavy atom. The molecule has 7 heteroatoms. The van der Waals surface area contributed by atoms with Crippen molar-refractivity contribution >= 4 is 23.2 Å². The summed E-state index contributed by atoms with van der Waals surface area (Å²) in [5.74, 6) is 0. The molecule has 7 nitrogen and oxygen atoms in total. The number of carbonyl (C=O) groups excluding carboxylic acids is 1. The largest absolute Gasteiger partial charge is 0.443 e. The number of nitrogens with one attached hydrogen (secondary N) is 1. The fraction of sp³-hybridized carbons (Fsp3) is 0.250. The van der Waals surface area contributed by atoms with Gasteiger partial charge in [0.1, 0.15) is 16.6 Å². The molecule has 0 saturated heterocycles. The highest BCUT2D eigenvalue weighted by Gasteiger charge is 2.19. The van der Waals surface area contributed by atoms with Gasteiger partial charge in [-0.2, -0.15) is 0 Å². The van der Waals surface area contributed by atoms with Crippen LogP contribution in [0.1, 0.15) is 38.0 Å². The monoisotopic (exact) mass is 366 g/mol. The average Bonchev–Trinajstić information content (AvgIpc) is 3.02. The van der Waals surface area contributed by atoms with Gasteiger partial charge in [-0.1, -0.05) is 54.6 Å². The third-order valence-electron chi connectivity index (χ3n) is 3.68. The smallest absolute Gasteiger partial charge is 0.428 e. The third kappa shape index (κ3) is 4.71. The lowest BCUT2D eigenvalue weighted by Gasteiger charge is -2.19. The predicted octanol–water partition coefficient (Wildman–Crippen LogP) is 3.66. The molecule has 0 aliphatic rings. The lowest BCUT2D eigenvalue weighted by Crippen LogP contribution is -2.32. The van der Waals surface area contributed by atoms with Gasteiger partial charge < -0.3 is 9.84 Å². The molecule has 0 aliphatic heterocycles. The number of para-hydroxylation sites is 1. The number of nitrogens with zero attached hydrogens (tertiary/aromatic N) is 3. The quantitative estimate of drug-likeness (QED) is 0.736. The van der Waals surface area contributed by atoms with E-state index in [1.807, 2.05) is 36.4 Å². The van der Waals surface area contributed by atoms with Crippen LogP contribution in [0.15, 0.2) is 54.6 Å². The van der Waals surface area contributed by atoms with E-state index in [0.717, 1.165) is 5.56 Å². The number of ether oxygens (including phenoxy) is 1. The second kappa shape index (κ2) is 7.59. The van der Waals surface area contributed by atoms with Crippen molar-refractivity contribution in [3.05, 3.63) is 65.7 Å². The molecule has 0 fully saturated rings. The molecule has 3 aromatic rings. The highest BCUT2D eigenvalue weighted by atomic mass is 16.6. The van der Waals surface area contributed by atoms with E-state index in [-0.39, 0.29) is 0 Å². The lowest BCUT2D eigenvalue weighted by molar-refractivity contribution is 0.0610. The minimum Gasteiger partial charge on any atom is -0.443 e. The van der Waals surface area contributed by atoms with Gasteiger partial charge in [0.15, 0.2) is 0 Å². The third-order valence-corrected chi connectivity index (χ3v) is 3.68. The van der Waals surface area contributed by atoms with Crippen LogP contribution in [0.4, 0.5) is 4.79 Å². The van der Waals surface area contributed by atoms with E-state index in [1.54, 1.807) is 45.0 Å². The number of aliphatic hydroxyl groups is 1. The van der Waals surface area contributed by atoms with E-state index in [9.17, 15) is 9.90 Å². The second-order valence-electron chi connectivity index (χ2n) is 7.04. The Kier molecular flexibility index (Phi) is 5.23. The van der Waals surface area contributed by atoms with Gasteiger partial charge in [0.05, 0.1) is 6.10 Å². The minimum atomic E-state index is -0.897. The minimum absolute atomic E-state index is 0.508. The van der Waals surface area contributed by atoms with E-state index in [4.69, 9.17) is 4.74 Å². The van der Waals surface area contributed by atoms with E-state index in [0.29, 0.717) is 16.6 Å².